The van der Waals surface area contributed by atoms with Crippen molar-refractivity contribution in [2.24, 2.45) is 5.84 Å². The van der Waals surface area contributed by atoms with Gasteiger partial charge in [-0.15, -0.1) is 0 Å². The summed E-state index contributed by atoms with van der Waals surface area (Å²) >= 11 is 0. The zero-order valence-electron chi connectivity index (χ0n) is 8.42. The van der Waals surface area contributed by atoms with Gasteiger partial charge in [0.1, 0.15) is 0 Å². The molecule has 0 saturated carbocycles. The summed E-state index contributed by atoms with van der Waals surface area (Å²) in [5.74, 6) is 5.44. The molecule has 0 radical (unpaired) electrons. The van der Waals surface area contributed by atoms with Crippen molar-refractivity contribution in [3.05, 3.63) is 12.2 Å². The number of likely N-dealkylation sites (N-methyl/N-ethyl adjacent to an activating group) is 1. The second-order valence-electron chi connectivity index (χ2n) is 3.66. The van der Waals surface area contributed by atoms with Gasteiger partial charge in [0.2, 0.25) is 0 Å². The second kappa shape index (κ2) is 4.72. The van der Waals surface area contributed by atoms with E-state index in [-0.39, 0.29) is 12.1 Å². The summed E-state index contributed by atoms with van der Waals surface area (Å²) in [5.41, 5.74) is 3.76. The van der Waals surface area contributed by atoms with E-state index in [9.17, 15) is 0 Å². The van der Waals surface area contributed by atoms with Crippen molar-refractivity contribution in [3.8, 4) is 0 Å². The molecule has 0 amide bonds. The quantitative estimate of drug-likeness (QED) is 0.361. The summed E-state index contributed by atoms with van der Waals surface area (Å²) < 4.78 is 5.62. The third kappa shape index (κ3) is 2.77. The van der Waals surface area contributed by atoms with E-state index in [4.69, 9.17) is 10.6 Å². The summed E-state index contributed by atoms with van der Waals surface area (Å²) in [6.45, 7) is 8.51. The summed E-state index contributed by atoms with van der Waals surface area (Å²) in [6, 6.07) is 0.0581. The summed E-state index contributed by atoms with van der Waals surface area (Å²) in [7, 11) is 2.08. The van der Waals surface area contributed by atoms with E-state index < -0.39 is 0 Å². The standard InChI is InChI=1S/C9H19N3O/c1-7(2)9(11-10)8-6-12(3)4-5-13-8/h8-9,11H,1,4-6,10H2,2-3H3. The molecule has 3 N–H and O–H groups in total. The van der Waals surface area contributed by atoms with Crippen LogP contribution in [0.3, 0.4) is 0 Å². The number of hydrogen-bond donors (Lipinski definition) is 2. The lowest BCUT2D eigenvalue weighted by Crippen LogP contribution is -2.53. The Morgan fingerprint density at radius 2 is 2.46 bits per heavy atom. The van der Waals surface area contributed by atoms with Gasteiger partial charge < -0.3 is 9.64 Å². The molecule has 1 heterocycles. The highest BCUT2D eigenvalue weighted by Gasteiger charge is 2.26. The molecule has 1 aliphatic heterocycles. The van der Waals surface area contributed by atoms with Crippen LogP contribution in [0.5, 0.6) is 0 Å². The molecule has 0 bridgehead atoms. The van der Waals surface area contributed by atoms with Crippen LogP contribution in [0.2, 0.25) is 0 Å². The van der Waals surface area contributed by atoms with Crippen molar-refractivity contribution in [1.29, 1.82) is 0 Å². The first kappa shape index (κ1) is 10.7. The lowest BCUT2D eigenvalue weighted by molar-refractivity contribution is -0.0321. The third-order valence-corrected chi connectivity index (χ3v) is 2.38. The Morgan fingerprint density at radius 3 is 2.92 bits per heavy atom. The SMILES string of the molecule is C=C(C)C(NN)C1CN(C)CCO1. The van der Waals surface area contributed by atoms with Crippen molar-refractivity contribution in [2.75, 3.05) is 26.7 Å². The van der Waals surface area contributed by atoms with Gasteiger partial charge in [0, 0.05) is 13.1 Å². The molecule has 1 fully saturated rings. The predicted molar refractivity (Wildman–Crippen MR) is 53.2 cm³/mol. The van der Waals surface area contributed by atoms with Gasteiger partial charge in [0.05, 0.1) is 18.8 Å². The maximum Gasteiger partial charge on any atom is 0.0906 e. The Balaban J connectivity index is 2.52. The van der Waals surface area contributed by atoms with Crippen molar-refractivity contribution >= 4 is 0 Å². The average Bonchev–Trinajstić information content (AvgIpc) is 2.04. The zero-order chi connectivity index (χ0) is 9.84. The molecule has 4 nitrogen and oxygen atoms in total. The highest BCUT2D eigenvalue weighted by Crippen LogP contribution is 2.11. The van der Waals surface area contributed by atoms with Crippen LogP contribution in [0.15, 0.2) is 12.2 Å². The largest absolute Gasteiger partial charge is 0.374 e. The van der Waals surface area contributed by atoms with Crippen LogP contribution in [0.4, 0.5) is 0 Å². The van der Waals surface area contributed by atoms with Crippen molar-refractivity contribution in [2.45, 2.75) is 19.1 Å². The number of morpholine rings is 1. The van der Waals surface area contributed by atoms with Gasteiger partial charge >= 0.3 is 0 Å². The second-order valence-corrected chi connectivity index (χ2v) is 3.66. The van der Waals surface area contributed by atoms with E-state index in [0.717, 1.165) is 25.3 Å². The molecule has 0 aromatic rings. The topological polar surface area (TPSA) is 50.5 Å². The first-order valence-electron chi connectivity index (χ1n) is 4.57. The van der Waals surface area contributed by atoms with E-state index in [1.54, 1.807) is 0 Å². The summed E-state index contributed by atoms with van der Waals surface area (Å²) in [5, 5.41) is 0. The number of nitrogens with one attached hydrogen (secondary N) is 1. The maximum atomic E-state index is 5.62. The fraction of sp³-hybridized carbons (Fsp3) is 0.778. The molecule has 0 spiro atoms. The molecular weight excluding hydrogens is 166 g/mol. The van der Waals surface area contributed by atoms with Gasteiger partial charge in [-0.3, -0.25) is 11.3 Å². The van der Waals surface area contributed by atoms with Gasteiger partial charge in [0.15, 0.2) is 0 Å². The van der Waals surface area contributed by atoms with E-state index in [1.807, 2.05) is 6.92 Å². The molecule has 0 aromatic carbocycles. The van der Waals surface area contributed by atoms with Crippen LogP contribution in [0.1, 0.15) is 6.92 Å². The van der Waals surface area contributed by atoms with Crippen LogP contribution in [0.25, 0.3) is 0 Å². The van der Waals surface area contributed by atoms with Crippen LogP contribution in [0, 0.1) is 0 Å². The minimum Gasteiger partial charge on any atom is -0.374 e. The fourth-order valence-corrected chi connectivity index (χ4v) is 1.58. The minimum atomic E-state index is 0.0581. The van der Waals surface area contributed by atoms with Crippen LogP contribution < -0.4 is 11.3 Å². The highest BCUT2D eigenvalue weighted by molar-refractivity contribution is 5.05. The first-order chi connectivity index (χ1) is 6.15. The molecule has 0 aliphatic carbocycles. The van der Waals surface area contributed by atoms with Gasteiger partial charge in [0.25, 0.3) is 0 Å². The van der Waals surface area contributed by atoms with Crippen LogP contribution >= 0.6 is 0 Å². The zero-order valence-corrected chi connectivity index (χ0v) is 8.42. The number of nitrogens with two attached hydrogens (primary N) is 1. The van der Waals surface area contributed by atoms with Crippen molar-refractivity contribution in [1.82, 2.24) is 10.3 Å². The molecule has 1 saturated heterocycles. The molecule has 1 rings (SSSR count). The van der Waals surface area contributed by atoms with Gasteiger partial charge in [-0.1, -0.05) is 12.2 Å². The average molecular weight is 185 g/mol. The maximum absolute atomic E-state index is 5.62. The minimum absolute atomic E-state index is 0.0581. The first-order valence-corrected chi connectivity index (χ1v) is 4.57. The lowest BCUT2D eigenvalue weighted by atomic mass is 10.0. The Hall–Kier alpha value is -0.420. The van der Waals surface area contributed by atoms with E-state index in [1.165, 1.54) is 0 Å². The van der Waals surface area contributed by atoms with Crippen molar-refractivity contribution < 1.29 is 4.74 Å². The van der Waals surface area contributed by atoms with Crippen LogP contribution in [-0.2, 0) is 4.74 Å². The van der Waals surface area contributed by atoms with E-state index >= 15 is 0 Å². The number of hydrogen-bond acceptors (Lipinski definition) is 4. The molecule has 2 atom stereocenters. The van der Waals surface area contributed by atoms with E-state index in [2.05, 4.69) is 24.0 Å². The highest BCUT2D eigenvalue weighted by atomic mass is 16.5. The Morgan fingerprint density at radius 1 is 1.77 bits per heavy atom. The lowest BCUT2D eigenvalue weighted by Gasteiger charge is -2.35. The monoisotopic (exact) mass is 185 g/mol. The smallest absolute Gasteiger partial charge is 0.0906 e. The molecule has 0 aromatic heterocycles. The number of nitrogens with zero attached hydrogens (tertiary/aromatic N) is 1. The predicted octanol–water partition coefficient (Wildman–Crippen LogP) is -0.275. The van der Waals surface area contributed by atoms with Crippen LogP contribution in [-0.4, -0.2) is 43.8 Å². The van der Waals surface area contributed by atoms with Gasteiger partial charge in [-0.05, 0) is 14.0 Å². The Kier molecular flexibility index (Phi) is 3.87. The Bertz CT molecular complexity index is 184. The molecule has 2 unspecified atom stereocenters. The molecule has 4 heteroatoms. The van der Waals surface area contributed by atoms with E-state index in [0.29, 0.717) is 0 Å². The number of rotatable bonds is 3. The molecule has 1 aliphatic rings. The third-order valence-electron chi connectivity index (χ3n) is 2.38. The summed E-state index contributed by atoms with van der Waals surface area (Å²) in [6.07, 6.45) is 0.126. The molecule has 76 valence electrons. The van der Waals surface area contributed by atoms with Gasteiger partial charge in [-0.25, -0.2) is 0 Å². The van der Waals surface area contributed by atoms with Crippen molar-refractivity contribution in [3.63, 3.8) is 0 Å². The Labute approximate surface area is 79.7 Å². The number of ether oxygens (including phenoxy) is 1. The fourth-order valence-electron chi connectivity index (χ4n) is 1.58. The van der Waals surface area contributed by atoms with Gasteiger partial charge in [-0.2, -0.15) is 0 Å². The molecule has 13 heavy (non-hydrogen) atoms. The molecular formula is C9H19N3O. The normalized spacial score (nSPS) is 27.2. The summed E-state index contributed by atoms with van der Waals surface area (Å²) in [4.78, 5) is 2.24. The number of hydrazine groups is 1.